The predicted octanol–water partition coefficient (Wildman–Crippen LogP) is 2.93. The van der Waals surface area contributed by atoms with Crippen molar-refractivity contribution in [2.24, 2.45) is 11.7 Å². The van der Waals surface area contributed by atoms with Gasteiger partial charge in [0, 0.05) is 24.7 Å². The molecule has 1 aromatic heterocycles. The molecule has 2 unspecified atom stereocenters. The van der Waals surface area contributed by atoms with Crippen LogP contribution < -0.4 is 5.73 Å². The number of nitrogens with one attached hydrogen (secondary N) is 1. The van der Waals surface area contributed by atoms with E-state index < -0.39 is 0 Å². The van der Waals surface area contributed by atoms with E-state index in [4.69, 9.17) is 17.3 Å². The third kappa shape index (κ3) is 3.26. The Kier molecular flexibility index (Phi) is 4.68. The molecule has 1 aliphatic heterocycles. The van der Waals surface area contributed by atoms with Gasteiger partial charge in [-0.05, 0) is 30.9 Å². The van der Waals surface area contributed by atoms with Gasteiger partial charge in [0.25, 0.3) is 5.91 Å². The van der Waals surface area contributed by atoms with Crippen molar-refractivity contribution in [3.8, 4) is 11.3 Å². The fourth-order valence-electron chi connectivity index (χ4n) is 3.14. The maximum Gasteiger partial charge on any atom is 0.272 e. The highest BCUT2D eigenvalue weighted by molar-refractivity contribution is 6.33. The number of H-pyrrole nitrogens is 1. The van der Waals surface area contributed by atoms with Crippen LogP contribution >= 0.6 is 11.6 Å². The molecular formula is C17H21ClN4O. The first kappa shape index (κ1) is 16.0. The first-order valence-electron chi connectivity index (χ1n) is 7.91. The quantitative estimate of drug-likeness (QED) is 0.907. The van der Waals surface area contributed by atoms with Crippen molar-refractivity contribution in [3.05, 3.63) is 41.0 Å². The van der Waals surface area contributed by atoms with Crippen molar-refractivity contribution in [1.29, 1.82) is 0 Å². The zero-order valence-corrected chi connectivity index (χ0v) is 13.9. The Morgan fingerprint density at radius 3 is 3.00 bits per heavy atom. The third-order valence-electron chi connectivity index (χ3n) is 4.47. The maximum absolute atomic E-state index is 12.8. The minimum Gasteiger partial charge on any atom is -0.333 e. The minimum absolute atomic E-state index is 0.0434. The highest BCUT2D eigenvalue weighted by Gasteiger charge is 2.30. The average molecular weight is 333 g/mol. The molecule has 2 aromatic rings. The van der Waals surface area contributed by atoms with Crippen LogP contribution in [0, 0.1) is 5.92 Å². The van der Waals surface area contributed by atoms with E-state index in [1.807, 2.05) is 29.2 Å². The van der Waals surface area contributed by atoms with Gasteiger partial charge < -0.3 is 10.6 Å². The van der Waals surface area contributed by atoms with E-state index in [0.717, 1.165) is 24.9 Å². The van der Waals surface area contributed by atoms with Crippen LogP contribution in [0.25, 0.3) is 11.3 Å². The molecule has 1 aliphatic rings. The van der Waals surface area contributed by atoms with Crippen molar-refractivity contribution >= 4 is 17.5 Å². The van der Waals surface area contributed by atoms with Crippen LogP contribution in [0.3, 0.4) is 0 Å². The van der Waals surface area contributed by atoms with Crippen molar-refractivity contribution < 1.29 is 4.79 Å². The normalized spacial score (nSPS) is 21.4. The van der Waals surface area contributed by atoms with E-state index >= 15 is 0 Å². The smallest absolute Gasteiger partial charge is 0.272 e. The third-order valence-corrected chi connectivity index (χ3v) is 4.80. The molecule has 1 fully saturated rings. The first-order chi connectivity index (χ1) is 11.1. The van der Waals surface area contributed by atoms with Gasteiger partial charge in [-0.3, -0.25) is 9.89 Å². The molecule has 3 rings (SSSR count). The standard InChI is InChI=1S/C17H21ClN4O/c1-11-6-7-22(12(8-11)10-19)17(23)16-9-15(20-21-16)13-4-2-3-5-14(13)18/h2-5,9,11-12H,6-8,10,19H2,1H3,(H,20,21). The molecule has 0 aliphatic carbocycles. The SMILES string of the molecule is CC1CCN(C(=O)c2cc(-c3ccccc3Cl)n[nH]2)C(CN)C1. The number of likely N-dealkylation sites (tertiary alicyclic amines) is 1. The molecule has 1 aromatic carbocycles. The number of carbonyl (C=O) groups is 1. The van der Waals surface area contributed by atoms with Crippen LogP contribution in [-0.2, 0) is 0 Å². The number of rotatable bonds is 3. The number of hydrogen-bond acceptors (Lipinski definition) is 3. The van der Waals surface area contributed by atoms with Crippen LogP contribution in [0.4, 0.5) is 0 Å². The zero-order chi connectivity index (χ0) is 16.4. The van der Waals surface area contributed by atoms with Crippen LogP contribution in [-0.4, -0.2) is 40.1 Å². The van der Waals surface area contributed by atoms with Gasteiger partial charge in [0.1, 0.15) is 5.69 Å². The molecule has 0 saturated carbocycles. The van der Waals surface area contributed by atoms with Gasteiger partial charge in [-0.2, -0.15) is 5.10 Å². The Morgan fingerprint density at radius 1 is 1.48 bits per heavy atom. The Morgan fingerprint density at radius 2 is 2.26 bits per heavy atom. The predicted molar refractivity (Wildman–Crippen MR) is 91.3 cm³/mol. The van der Waals surface area contributed by atoms with E-state index in [1.54, 1.807) is 6.07 Å². The number of nitrogens with two attached hydrogens (primary N) is 1. The summed E-state index contributed by atoms with van der Waals surface area (Å²) in [7, 11) is 0. The average Bonchev–Trinajstić information content (AvgIpc) is 3.04. The van der Waals surface area contributed by atoms with Crippen LogP contribution in [0.15, 0.2) is 30.3 Å². The number of aromatic nitrogens is 2. The van der Waals surface area contributed by atoms with E-state index in [0.29, 0.717) is 28.9 Å². The van der Waals surface area contributed by atoms with Gasteiger partial charge >= 0.3 is 0 Å². The number of piperidine rings is 1. The molecule has 0 radical (unpaired) electrons. The van der Waals surface area contributed by atoms with Crippen LogP contribution in [0.5, 0.6) is 0 Å². The maximum atomic E-state index is 12.8. The molecule has 6 heteroatoms. The Balaban J connectivity index is 1.82. The summed E-state index contributed by atoms with van der Waals surface area (Å²) in [6.07, 6.45) is 1.96. The monoisotopic (exact) mass is 332 g/mol. The second-order valence-corrected chi connectivity index (χ2v) is 6.57. The highest BCUT2D eigenvalue weighted by atomic mass is 35.5. The lowest BCUT2D eigenvalue weighted by Gasteiger charge is -2.37. The van der Waals surface area contributed by atoms with Crippen LogP contribution in [0.2, 0.25) is 5.02 Å². The Hall–Kier alpha value is -1.85. The summed E-state index contributed by atoms with van der Waals surface area (Å²) < 4.78 is 0. The van der Waals surface area contributed by atoms with E-state index in [-0.39, 0.29) is 11.9 Å². The lowest BCUT2D eigenvalue weighted by atomic mass is 9.92. The Bertz CT molecular complexity index is 699. The Labute approximate surface area is 140 Å². The van der Waals surface area contributed by atoms with Gasteiger partial charge in [0.05, 0.1) is 10.7 Å². The molecule has 5 nitrogen and oxygen atoms in total. The molecule has 122 valence electrons. The second-order valence-electron chi connectivity index (χ2n) is 6.16. The zero-order valence-electron chi connectivity index (χ0n) is 13.1. The topological polar surface area (TPSA) is 75.0 Å². The summed E-state index contributed by atoms with van der Waals surface area (Å²) in [6.45, 7) is 3.43. The van der Waals surface area contributed by atoms with E-state index in [9.17, 15) is 4.79 Å². The summed E-state index contributed by atoms with van der Waals surface area (Å²) in [5.74, 6) is 0.561. The molecule has 3 N–H and O–H groups in total. The number of benzene rings is 1. The van der Waals surface area contributed by atoms with Crippen LogP contribution in [0.1, 0.15) is 30.3 Å². The second kappa shape index (κ2) is 6.72. The highest BCUT2D eigenvalue weighted by Crippen LogP contribution is 2.28. The fraction of sp³-hybridized carbons (Fsp3) is 0.412. The molecule has 2 atom stereocenters. The number of amides is 1. The molecular weight excluding hydrogens is 312 g/mol. The molecule has 2 heterocycles. The van der Waals surface area contributed by atoms with Crippen molar-refractivity contribution in [3.63, 3.8) is 0 Å². The number of aromatic amines is 1. The lowest BCUT2D eigenvalue weighted by Crippen LogP contribution is -2.49. The van der Waals surface area contributed by atoms with E-state index in [1.165, 1.54) is 0 Å². The lowest BCUT2D eigenvalue weighted by molar-refractivity contribution is 0.0567. The molecule has 0 bridgehead atoms. The fourth-order valence-corrected chi connectivity index (χ4v) is 3.37. The van der Waals surface area contributed by atoms with Gasteiger partial charge in [-0.25, -0.2) is 0 Å². The number of hydrogen-bond donors (Lipinski definition) is 2. The largest absolute Gasteiger partial charge is 0.333 e. The molecule has 0 spiro atoms. The summed E-state index contributed by atoms with van der Waals surface area (Å²) in [5.41, 5.74) is 7.82. The molecule has 1 saturated heterocycles. The minimum atomic E-state index is -0.0434. The first-order valence-corrected chi connectivity index (χ1v) is 8.29. The number of nitrogens with zero attached hydrogens (tertiary/aromatic N) is 2. The molecule has 1 amide bonds. The van der Waals surface area contributed by atoms with Gasteiger partial charge in [-0.1, -0.05) is 36.7 Å². The summed E-state index contributed by atoms with van der Waals surface area (Å²) in [6, 6.07) is 9.31. The summed E-state index contributed by atoms with van der Waals surface area (Å²) >= 11 is 6.19. The van der Waals surface area contributed by atoms with Crippen molar-refractivity contribution in [1.82, 2.24) is 15.1 Å². The van der Waals surface area contributed by atoms with Gasteiger partial charge in [-0.15, -0.1) is 0 Å². The summed E-state index contributed by atoms with van der Waals surface area (Å²) in [5, 5.41) is 7.70. The summed E-state index contributed by atoms with van der Waals surface area (Å²) in [4.78, 5) is 14.6. The number of halogens is 1. The number of carbonyl (C=O) groups excluding carboxylic acids is 1. The van der Waals surface area contributed by atoms with E-state index in [2.05, 4.69) is 17.1 Å². The molecule has 23 heavy (non-hydrogen) atoms. The van der Waals surface area contributed by atoms with Crippen molar-refractivity contribution in [2.75, 3.05) is 13.1 Å². The van der Waals surface area contributed by atoms with Gasteiger partial charge in [0.2, 0.25) is 0 Å². The van der Waals surface area contributed by atoms with Gasteiger partial charge in [0.15, 0.2) is 0 Å². The van der Waals surface area contributed by atoms with Crippen molar-refractivity contribution in [2.45, 2.75) is 25.8 Å².